The van der Waals surface area contributed by atoms with Gasteiger partial charge in [-0.25, -0.2) is 19.9 Å². The predicted molar refractivity (Wildman–Crippen MR) is 89.6 cm³/mol. The second kappa shape index (κ2) is 5.76. The van der Waals surface area contributed by atoms with Crippen molar-refractivity contribution in [1.29, 1.82) is 0 Å². The van der Waals surface area contributed by atoms with Gasteiger partial charge in [-0.3, -0.25) is 0 Å². The molecule has 23 heavy (non-hydrogen) atoms. The molecule has 0 spiro atoms. The molecule has 120 valence electrons. The summed E-state index contributed by atoms with van der Waals surface area (Å²) in [6.45, 7) is 7.06. The van der Waals surface area contributed by atoms with E-state index in [-0.39, 0.29) is 0 Å². The monoisotopic (exact) mass is 310 g/mol. The van der Waals surface area contributed by atoms with E-state index in [0.717, 1.165) is 48.8 Å². The first-order chi connectivity index (χ1) is 11.2. The molecule has 4 rings (SSSR count). The molecule has 4 heterocycles. The van der Waals surface area contributed by atoms with Gasteiger partial charge in [0.25, 0.3) is 0 Å². The van der Waals surface area contributed by atoms with Crippen molar-refractivity contribution in [3.8, 4) is 0 Å². The largest absolute Gasteiger partial charge is 0.351 e. The Balaban J connectivity index is 1.57. The van der Waals surface area contributed by atoms with E-state index >= 15 is 0 Å². The Morgan fingerprint density at radius 2 is 1.83 bits per heavy atom. The SMILES string of the molecule is Cc1ccnc(N2CCC3CCN(c4ccnc(C)n4)C3C2)n1. The van der Waals surface area contributed by atoms with Crippen LogP contribution in [0.15, 0.2) is 24.5 Å². The third-order valence-electron chi connectivity index (χ3n) is 4.98. The highest BCUT2D eigenvalue weighted by Gasteiger charge is 2.39. The summed E-state index contributed by atoms with van der Waals surface area (Å²) in [5.74, 6) is 3.48. The molecule has 2 atom stereocenters. The van der Waals surface area contributed by atoms with Gasteiger partial charge in [0.15, 0.2) is 0 Å². The van der Waals surface area contributed by atoms with Crippen LogP contribution in [-0.4, -0.2) is 45.6 Å². The molecule has 2 aromatic rings. The topological polar surface area (TPSA) is 58.0 Å². The highest BCUT2D eigenvalue weighted by molar-refractivity contribution is 5.43. The van der Waals surface area contributed by atoms with Gasteiger partial charge in [0.2, 0.25) is 5.95 Å². The van der Waals surface area contributed by atoms with Crippen LogP contribution in [0.25, 0.3) is 0 Å². The average Bonchev–Trinajstić information content (AvgIpc) is 2.98. The van der Waals surface area contributed by atoms with Crippen molar-refractivity contribution in [2.24, 2.45) is 5.92 Å². The third kappa shape index (κ3) is 2.73. The van der Waals surface area contributed by atoms with Crippen molar-refractivity contribution in [3.63, 3.8) is 0 Å². The predicted octanol–water partition coefficient (Wildman–Crippen LogP) is 1.99. The summed E-state index contributed by atoms with van der Waals surface area (Å²) in [6.07, 6.45) is 6.15. The maximum Gasteiger partial charge on any atom is 0.225 e. The molecule has 0 aliphatic carbocycles. The lowest BCUT2D eigenvalue weighted by Crippen LogP contribution is -2.49. The van der Waals surface area contributed by atoms with Crippen molar-refractivity contribution in [2.45, 2.75) is 32.7 Å². The van der Waals surface area contributed by atoms with Gasteiger partial charge in [0.1, 0.15) is 11.6 Å². The van der Waals surface area contributed by atoms with E-state index in [1.807, 2.05) is 38.4 Å². The lowest BCUT2D eigenvalue weighted by molar-refractivity contribution is 0.386. The first kappa shape index (κ1) is 14.4. The first-order valence-electron chi connectivity index (χ1n) is 8.31. The van der Waals surface area contributed by atoms with Crippen LogP contribution in [0.3, 0.4) is 0 Å². The molecule has 0 N–H and O–H groups in total. The van der Waals surface area contributed by atoms with Gasteiger partial charge >= 0.3 is 0 Å². The summed E-state index contributed by atoms with van der Waals surface area (Å²) in [7, 11) is 0. The van der Waals surface area contributed by atoms with Crippen LogP contribution in [0, 0.1) is 19.8 Å². The minimum absolute atomic E-state index is 0.488. The molecule has 0 aromatic carbocycles. The standard InChI is InChI=1S/C17H22N6/c1-12-3-7-19-17(20-12)22-9-5-14-6-10-23(15(14)11-22)16-4-8-18-13(2)21-16/h3-4,7-8,14-15H,5-6,9-11H2,1-2H3. The Morgan fingerprint density at radius 1 is 1.00 bits per heavy atom. The van der Waals surface area contributed by atoms with Crippen LogP contribution in [0.2, 0.25) is 0 Å². The Kier molecular flexibility index (Phi) is 3.59. The fourth-order valence-corrected chi connectivity index (χ4v) is 3.80. The highest BCUT2D eigenvalue weighted by Crippen LogP contribution is 2.35. The Labute approximate surface area is 136 Å². The number of aromatic nitrogens is 4. The molecule has 0 saturated carbocycles. The molecule has 2 unspecified atom stereocenters. The lowest BCUT2D eigenvalue weighted by Gasteiger charge is -2.38. The Bertz CT molecular complexity index is 703. The number of piperidine rings is 1. The van der Waals surface area contributed by atoms with Crippen LogP contribution in [-0.2, 0) is 0 Å². The summed E-state index contributed by atoms with van der Waals surface area (Å²) in [6, 6.07) is 4.46. The lowest BCUT2D eigenvalue weighted by atomic mass is 9.92. The highest BCUT2D eigenvalue weighted by atomic mass is 15.3. The van der Waals surface area contributed by atoms with Gasteiger partial charge < -0.3 is 9.80 Å². The molecule has 0 bridgehead atoms. The molecular weight excluding hydrogens is 288 g/mol. The molecule has 2 saturated heterocycles. The summed E-state index contributed by atoms with van der Waals surface area (Å²) in [5.41, 5.74) is 1.02. The molecule has 2 aliphatic rings. The summed E-state index contributed by atoms with van der Waals surface area (Å²) in [4.78, 5) is 22.7. The van der Waals surface area contributed by atoms with E-state index in [9.17, 15) is 0 Å². The maximum absolute atomic E-state index is 4.62. The second-order valence-corrected chi connectivity index (χ2v) is 6.50. The number of hydrogen-bond donors (Lipinski definition) is 0. The van der Waals surface area contributed by atoms with Crippen molar-refractivity contribution < 1.29 is 0 Å². The Hall–Kier alpha value is -2.24. The van der Waals surface area contributed by atoms with E-state index < -0.39 is 0 Å². The zero-order valence-electron chi connectivity index (χ0n) is 13.7. The van der Waals surface area contributed by atoms with Crippen molar-refractivity contribution in [3.05, 3.63) is 36.0 Å². The van der Waals surface area contributed by atoms with Crippen molar-refractivity contribution in [2.75, 3.05) is 29.4 Å². The van der Waals surface area contributed by atoms with Crippen molar-refractivity contribution >= 4 is 11.8 Å². The average molecular weight is 310 g/mol. The van der Waals surface area contributed by atoms with Crippen LogP contribution in [0.1, 0.15) is 24.4 Å². The fourth-order valence-electron chi connectivity index (χ4n) is 3.80. The molecule has 2 aliphatic heterocycles. The number of hydrogen-bond acceptors (Lipinski definition) is 6. The number of rotatable bonds is 2. The van der Waals surface area contributed by atoms with Crippen LogP contribution >= 0.6 is 0 Å². The fraction of sp³-hybridized carbons (Fsp3) is 0.529. The number of nitrogens with zero attached hydrogens (tertiary/aromatic N) is 6. The zero-order chi connectivity index (χ0) is 15.8. The minimum Gasteiger partial charge on any atom is -0.351 e. The van der Waals surface area contributed by atoms with E-state index in [0.29, 0.717) is 6.04 Å². The molecule has 2 aromatic heterocycles. The van der Waals surface area contributed by atoms with Gasteiger partial charge in [0, 0.05) is 37.7 Å². The van der Waals surface area contributed by atoms with Gasteiger partial charge in [-0.15, -0.1) is 0 Å². The van der Waals surface area contributed by atoms with E-state index in [1.54, 1.807) is 0 Å². The third-order valence-corrected chi connectivity index (χ3v) is 4.98. The van der Waals surface area contributed by atoms with Crippen molar-refractivity contribution in [1.82, 2.24) is 19.9 Å². The van der Waals surface area contributed by atoms with Crippen LogP contribution in [0.4, 0.5) is 11.8 Å². The second-order valence-electron chi connectivity index (χ2n) is 6.50. The first-order valence-corrected chi connectivity index (χ1v) is 8.31. The summed E-state index contributed by atoms with van der Waals surface area (Å²) < 4.78 is 0. The maximum atomic E-state index is 4.62. The normalized spacial score (nSPS) is 23.9. The molecule has 2 fully saturated rings. The molecular formula is C17H22N6. The summed E-state index contributed by atoms with van der Waals surface area (Å²) in [5, 5.41) is 0. The summed E-state index contributed by atoms with van der Waals surface area (Å²) >= 11 is 0. The van der Waals surface area contributed by atoms with E-state index in [2.05, 4.69) is 29.7 Å². The number of anilines is 2. The molecule has 0 radical (unpaired) electrons. The molecule has 6 nitrogen and oxygen atoms in total. The smallest absolute Gasteiger partial charge is 0.225 e. The van der Waals surface area contributed by atoms with Gasteiger partial charge in [-0.2, -0.15) is 0 Å². The van der Waals surface area contributed by atoms with Crippen LogP contribution in [0.5, 0.6) is 0 Å². The van der Waals surface area contributed by atoms with Gasteiger partial charge in [0.05, 0.1) is 6.04 Å². The Morgan fingerprint density at radius 3 is 2.65 bits per heavy atom. The van der Waals surface area contributed by atoms with Gasteiger partial charge in [-0.05, 0) is 44.7 Å². The number of fused-ring (bicyclic) bond motifs is 1. The van der Waals surface area contributed by atoms with E-state index in [4.69, 9.17) is 0 Å². The van der Waals surface area contributed by atoms with E-state index in [1.165, 1.54) is 12.8 Å². The molecule has 6 heteroatoms. The molecule has 0 amide bonds. The van der Waals surface area contributed by atoms with Gasteiger partial charge in [-0.1, -0.05) is 0 Å². The zero-order valence-corrected chi connectivity index (χ0v) is 13.7. The van der Waals surface area contributed by atoms with Crippen LogP contribution < -0.4 is 9.80 Å². The quantitative estimate of drug-likeness (QED) is 0.845. The minimum atomic E-state index is 0.488. The number of aryl methyl sites for hydroxylation is 2.